The van der Waals surface area contributed by atoms with Crippen molar-refractivity contribution in [3.05, 3.63) is 29.1 Å². The van der Waals surface area contributed by atoms with E-state index in [1.54, 1.807) is 23.9 Å². The van der Waals surface area contributed by atoms with Crippen LogP contribution in [0.2, 0.25) is 0 Å². The highest BCUT2D eigenvalue weighted by molar-refractivity contribution is 7.10. The lowest BCUT2D eigenvalue weighted by atomic mass is 9.98. The van der Waals surface area contributed by atoms with E-state index >= 15 is 0 Å². The maximum atomic E-state index is 4.57. The maximum Gasteiger partial charge on any atom is 0.149 e. The summed E-state index contributed by atoms with van der Waals surface area (Å²) in [5, 5.41) is 3.21. The minimum Gasteiger partial charge on any atom is -0.290 e. The highest BCUT2D eigenvalue weighted by Gasteiger charge is 2.18. The van der Waals surface area contributed by atoms with E-state index in [4.69, 9.17) is 0 Å². The van der Waals surface area contributed by atoms with Gasteiger partial charge in [0.05, 0.1) is 0 Å². The fourth-order valence-electron chi connectivity index (χ4n) is 1.12. The molecule has 0 aliphatic rings. The zero-order valence-electron chi connectivity index (χ0n) is 8.56. The third-order valence-corrected chi connectivity index (χ3v) is 3.16. The summed E-state index contributed by atoms with van der Waals surface area (Å²) < 4.78 is 1.92. The minimum absolute atomic E-state index is 0.128. The van der Waals surface area contributed by atoms with Crippen molar-refractivity contribution in [1.29, 1.82) is 0 Å². The molecule has 0 bridgehead atoms. The van der Waals surface area contributed by atoms with Gasteiger partial charge in [-0.3, -0.25) is 4.57 Å². The summed E-state index contributed by atoms with van der Waals surface area (Å²) in [6.07, 6.45) is 5.43. The third-order valence-electron chi connectivity index (χ3n) is 1.90. The lowest BCUT2D eigenvalue weighted by Gasteiger charge is -2.13. The second-order valence-corrected chi connectivity index (χ2v) is 5.09. The average Bonchev–Trinajstić information content (AvgIpc) is 2.73. The molecule has 14 heavy (non-hydrogen) atoms. The van der Waals surface area contributed by atoms with Gasteiger partial charge < -0.3 is 0 Å². The summed E-state index contributed by atoms with van der Waals surface area (Å²) in [4.78, 5) is 8.56. The van der Waals surface area contributed by atoms with E-state index in [0.717, 1.165) is 10.8 Å². The van der Waals surface area contributed by atoms with Crippen LogP contribution in [0.15, 0.2) is 24.1 Å². The predicted octanol–water partition coefficient (Wildman–Crippen LogP) is 2.63. The van der Waals surface area contributed by atoms with E-state index in [-0.39, 0.29) is 5.41 Å². The highest BCUT2D eigenvalue weighted by atomic mass is 32.1. The second-order valence-electron chi connectivity index (χ2n) is 4.23. The van der Waals surface area contributed by atoms with Gasteiger partial charge in [0.15, 0.2) is 0 Å². The fraction of sp³-hybridized carbons (Fsp3) is 0.400. The van der Waals surface area contributed by atoms with Crippen LogP contribution in [0.3, 0.4) is 0 Å². The summed E-state index contributed by atoms with van der Waals surface area (Å²) in [6, 6.07) is 0. The minimum atomic E-state index is 0.128. The van der Waals surface area contributed by atoms with E-state index < -0.39 is 0 Å². The molecule has 0 N–H and O–H groups in total. The molecule has 0 aliphatic heterocycles. The normalized spacial score (nSPS) is 11.9. The van der Waals surface area contributed by atoms with Gasteiger partial charge in [-0.25, -0.2) is 9.97 Å². The molecular formula is C10H13N3S. The van der Waals surface area contributed by atoms with E-state index in [2.05, 4.69) is 36.1 Å². The number of hydrogen-bond acceptors (Lipinski definition) is 3. The molecular weight excluding hydrogens is 194 g/mol. The van der Waals surface area contributed by atoms with Crippen molar-refractivity contribution in [3.63, 3.8) is 0 Å². The Kier molecular flexibility index (Phi) is 2.15. The van der Waals surface area contributed by atoms with Crippen molar-refractivity contribution in [2.45, 2.75) is 26.2 Å². The largest absolute Gasteiger partial charge is 0.290 e. The Hall–Kier alpha value is -1.16. The SMILES string of the molecule is CC(C)(C)c1nc(-n2ccnc2)cs1. The Morgan fingerprint density at radius 3 is 2.64 bits per heavy atom. The number of nitrogens with zero attached hydrogens (tertiary/aromatic N) is 3. The molecule has 0 atom stereocenters. The molecule has 0 unspecified atom stereocenters. The van der Waals surface area contributed by atoms with E-state index in [1.807, 2.05) is 10.8 Å². The smallest absolute Gasteiger partial charge is 0.149 e. The molecule has 0 aromatic carbocycles. The first-order valence-electron chi connectivity index (χ1n) is 4.52. The van der Waals surface area contributed by atoms with Crippen molar-refractivity contribution in [2.24, 2.45) is 0 Å². The number of hydrogen-bond donors (Lipinski definition) is 0. The quantitative estimate of drug-likeness (QED) is 0.719. The van der Waals surface area contributed by atoms with E-state index in [0.29, 0.717) is 0 Å². The zero-order valence-corrected chi connectivity index (χ0v) is 9.38. The Labute approximate surface area is 87.4 Å². The Balaban J connectivity index is 2.36. The zero-order chi connectivity index (χ0) is 10.2. The first kappa shape index (κ1) is 9.40. The van der Waals surface area contributed by atoms with Crippen LogP contribution in [0, 0.1) is 0 Å². The van der Waals surface area contributed by atoms with Gasteiger partial charge in [0.2, 0.25) is 0 Å². The van der Waals surface area contributed by atoms with Crippen LogP contribution in [0.25, 0.3) is 5.82 Å². The number of imidazole rings is 1. The van der Waals surface area contributed by atoms with Crippen LogP contribution >= 0.6 is 11.3 Å². The average molecular weight is 207 g/mol. The van der Waals surface area contributed by atoms with Crippen LogP contribution in [0.4, 0.5) is 0 Å². The molecule has 2 aromatic heterocycles. The molecule has 2 aromatic rings. The first-order chi connectivity index (χ1) is 6.57. The van der Waals surface area contributed by atoms with Crippen molar-refractivity contribution in [2.75, 3.05) is 0 Å². The van der Waals surface area contributed by atoms with Crippen LogP contribution in [0.5, 0.6) is 0 Å². The molecule has 3 nitrogen and oxygen atoms in total. The molecule has 2 rings (SSSR count). The molecule has 4 heteroatoms. The monoisotopic (exact) mass is 207 g/mol. The van der Waals surface area contributed by atoms with Crippen LogP contribution in [0.1, 0.15) is 25.8 Å². The lowest BCUT2D eigenvalue weighted by molar-refractivity contribution is 0.584. The summed E-state index contributed by atoms with van der Waals surface area (Å²) in [7, 11) is 0. The Bertz CT molecular complexity index is 409. The van der Waals surface area contributed by atoms with E-state index in [9.17, 15) is 0 Å². The van der Waals surface area contributed by atoms with Gasteiger partial charge in [-0.1, -0.05) is 20.8 Å². The molecule has 74 valence electrons. The van der Waals surface area contributed by atoms with E-state index in [1.165, 1.54) is 0 Å². The molecule has 0 amide bonds. The van der Waals surface area contributed by atoms with Crippen LogP contribution in [-0.4, -0.2) is 14.5 Å². The Morgan fingerprint density at radius 1 is 1.36 bits per heavy atom. The van der Waals surface area contributed by atoms with Gasteiger partial charge in [0, 0.05) is 23.2 Å². The first-order valence-corrected chi connectivity index (χ1v) is 5.40. The van der Waals surface area contributed by atoms with Gasteiger partial charge in [-0.15, -0.1) is 11.3 Å². The molecule has 2 heterocycles. The third kappa shape index (κ3) is 1.70. The van der Waals surface area contributed by atoms with Crippen molar-refractivity contribution < 1.29 is 0 Å². The lowest BCUT2D eigenvalue weighted by Crippen LogP contribution is -2.10. The molecule has 0 saturated carbocycles. The van der Waals surface area contributed by atoms with Crippen LogP contribution < -0.4 is 0 Å². The molecule has 0 saturated heterocycles. The summed E-state index contributed by atoms with van der Waals surface area (Å²) >= 11 is 1.69. The molecule has 0 aliphatic carbocycles. The predicted molar refractivity (Wildman–Crippen MR) is 57.9 cm³/mol. The number of rotatable bonds is 1. The van der Waals surface area contributed by atoms with Gasteiger partial charge in [0.1, 0.15) is 17.2 Å². The Morgan fingerprint density at radius 2 is 2.14 bits per heavy atom. The fourth-order valence-corrected chi connectivity index (χ4v) is 2.01. The number of aromatic nitrogens is 3. The maximum absolute atomic E-state index is 4.57. The van der Waals surface area contributed by atoms with Gasteiger partial charge in [-0.05, 0) is 0 Å². The van der Waals surface area contributed by atoms with Gasteiger partial charge >= 0.3 is 0 Å². The summed E-state index contributed by atoms with van der Waals surface area (Å²) in [5.41, 5.74) is 0.128. The summed E-state index contributed by atoms with van der Waals surface area (Å²) in [6.45, 7) is 6.51. The topological polar surface area (TPSA) is 30.7 Å². The number of thiazole rings is 1. The summed E-state index contributed by atoms with van der Waals surface area (Å²) in [5.74, 6) is 0.956. The van der Waals surface area contributed by atoms with Crippen LogP contribution in [-0.2, 0) is 5.41 Å². The highest BCUT2D eigenvalue weighted by Crippen LogP contribution is 2.26. The molecule has 0 radical (unpaired) electrons. The standard InChI is InChI=1S/C10H13N3S/c1-10(2,3)9-12-8(6-14-9)13-5-4-11-7-13/h4-7H,1-3H3. The molecule has 0 spiro atoms. The van der Waals surface area contributed by atoms with Crippen molar-refractivity contribution >= 4 is 11.3 Å². The second kappa shape index (κ2) is 3.20. The van der Waals surface area contributed by atoms with Gasteiger partial charge in [0.25, 0.3) is 0 Å². The van der Waals surface area contributed by atoms with Crippen molar-refractivity contribution in [1.82, 2.24) is 14.5 Å². The molecule has 0 fully saturated rings. The van der Waals surface area contributed by atoms with Gasteiger partial charge in [-0.2, -0.15) is 0 Å². The van der Waals surface area contributed by atoms with Crippen molar-refractivity contribution in [3.8, 4) is 5.82 Å².